The summed E-state index contributed by atoms with van der Waals surface area (Å²) in [4.78, 5) is 13.4. The van der Waals surface area contributed by atoms with E-state index in [1.165, 1.54) is 0 Å². The highest BCUT2D eigenvalue weighted by atomic mass is 32.2. The quantitative estimate of drug-likeness (QED) is 0.420. The Hall–Kier alpha value is -2.44. The zero-order valence-electron chi connectivity index (χ0n) is 14.4. The molecule has 0 unspecified atom stereocenters. The predicted molar refractivity (Wildman–Crippen MR) is 100 cm³/mol. The van der Waals surface area contributed by atoms with Crippen LogP contribution in [0.2, 0.25) is 0 Å². The van der Waals surface area contributed by atoms with Gasteiger partial charge >= 0.3 is 0 Å². The van der Waals surface area contributed by atoms with Crippen molar-refractivity contribution in [1.82, 2.24) is 5.32 Å². The van der Waals surface area contributed by atoms with Crippen LogP contribution in [-0.2, 0) is 17.1 Å². The number of ether oxygens (including phenoxy) is 1. The fraction of sp³-hybridized carbons (Fsp3) is 0.250. The highest BCUT2D eigenvalue weighted by Crippen LogP contribution is 2.24. The number of thioether (sulfide) groups is 1. The molecule has 2 aromatic heterocycles. The van der Waals surface area contributed by atoms with E-state index in [9.17, 15) is 4.79 Å². The first kappa shape index (κ1) is 18.4. The number of furan rings is 2. The molecule has 0 aliphatic carbocycles. The van der Waals surface area contributed by atoms with Gasteiger partial charge in [0.05, 0.1) is 12.5 Å². The van der Waals surface area contributed by atoms with Crippen molar-refractivity contribution < 1.29 is 18.4 Å². The Balaban J connectivity index is 1.37. The molecule has 1 N–H and O–H groups in total. The van der Waals surface area contributed by atoms with Gasteiger partial charge in [-0.1, -0.05) is 18.2 Å². The predicted octanol–water partition coefficient (Wildman–Crippen LogP) is 4.50. The molecule has 0 saturated heterocycles. The summed E-state index contributed by atoms with van der Waals surface area (Å²) in [5.74, 6) is 1.68. The van der Waals surface area contributed by atoms with Gasteiger partial charge in [-0.2, -0.15) is 0 Å². The van der Waals surface area contributed by atoms with Crippen LogP contribution in [0.3, 0.4) is 0 Å². The molecule has 0 spiro atoms. The number of benzene rings is 1. The second-order valence-corrected chi connectivity index (χ2v) is 6.67. The van der Waals surface area contributed by atoms with E-state index in [0.29, 0.717) is 31.3 Å². The molecular formula is C20H21NO4S. The molecule has 0 bridgehead atoms. The molecule has 0 radical (unpaired) electrons. The average Bonchev–Trinajstić information content (AvgIpc) is 3.35. The summed E-state index contributed by atoms with van der Waals surface area (Å²) < 4.78 is 16.0. The SMILES string of the molecule is O=C(NCCCOCc1ccco1)c1occc1CSc1ccccc1. The number of nitrogens with one attached hydrogen (secondary N) is 1. The number of hydrogen-bond acceptors (Lipinski definition) is 5. The number of carbonyl (C=O) groups excluding carboxylic acids is 1. The third kappa shape index (κ3) is 5.54. The molecule has 0 fully saturated rings. The molecule has 136 valence electrons. The lowest BCUT2D eigenvalue weighted by Gasteiger charge is -2.06. The second-order valence-electron chi connectivity index (χ2n) is 5.62. The summed E-state index contributed by atoms with van der Waals surface area (Å²) in [5, 5.41) is 2.87. The van der Waals surface area contributed by atoms with Crippen molar-refractivity contribution in [1.29, 1.82) is 0 Å². The summed E-state index contributed by atoms with van der Waals surface area (Å²) in [7, 11) is 0. The van der Waals surface area contributed by atoms with Crippen LogP contribution in [0.15, 0.2) is 74.8 Å². The van der Waals surface area contributed by atoms with E-state index in [1.54, 1.807) is 24.3 Å². The first-order valence-electron chi connectivity index (χ1n) is 8.45. The van der Waals surface area contributed by atoms with Crippen LogP contribution >= 0.6 is 11.8 Å². The van der Waals surface area contributed by atoms with Crippen molar-refractivity contribution in [2.45, 2.75) is 23.7 Å². The summed E-state index contributed by atoms with van der Waals surface area (Å²) in [6.07, 6.45) is 3.90. The minimum Gasteiger partial charge on any atom is -0.467 e. The molecule has 0 atom stereocenters. The Morgan fingerprint density at radius 3 is 2.73 bits per heavy atom. The Labute approximate surface area is 156 Å². The molecule has 5 nitrogen and oxygen atoms in total. The number of amides is 1. The third-order valence-corrected chi connectivity index (χ3v) is 4.73. The van der Waals surface area contributed by atoms with Gasteiger partial charge in [-0.25, -0.2) is 0 Å². The Kier molecular flexibility index (Phi) is 6.98. The molecule has 1 aromatic carbocycles. The first-order valence-corrected chi connectivity index (χ1v) is 9.44. The van der Waals surface area contributed by atoms with Gasteiger partial charge in [-0.15, -0.1) is 11.8 Å². The molecule has 3 rings (SSSR count). The van der Waals surface area contributed by atoms with Gasteiger partial charge in [0.2, 0.25) is 0 Å². The minimum atomic E-state index is -0.190. The largest absolute Gasteiger partial charge is 0.467 e. The topological polar surface area (TPSA) is 64.6 Å². The van der Waals surface area contributed by atoms with Crippen LogP contribution in [0.5, 0.6) is 0 Å². The van der Waals surface area contributed by atoms with Crippen molar-refractivity contribution in [3.05, 3.63) is 78.1 Å². The Bertz CT molecular complexity index is 783. The van der Waals surface area contributed by atoms with Gasteiger partial charge in [0.15, 0.2) is 5.76 Å². The van der Waals surface area contributed by atoms with Crippen molar-refractivity contribution >= 4 is 17.7 Å². The van der Waals surface area contributed by atoms with Crippen molar-refractivity contribution in [3.8, 4) is 0 Å². The first-order chi connectivity index (χ1) is 12.8. The lowest BCUT2D eigenvalue weighted by molar-refractivity contribution is 0.0893. The highest BCUT2D eigenvalue weighted by molar-refractivity contribution is 7.98. The van der Waals surface area contributed by atoms with E-state index in [0.717, 1.165) is 22.6 Å². The van der Waals surface area contributed by atoms with E-state index in [1.807, 2.05) is 48.5 Å². The van der Waals surface area contributed by atoms with Crippen LogP contribution in [0.1, 0.15) is 28.3 Å². The molecule has 26 heavy (non-hydrogen) atoms. The van der Waals surface area contributed by atoms with Crippen LogP contribution in [0.25, 0.3) is 0 Å². The fourth-order valence-electron chi connectivity index (χ4n) is 2.35. The third-order valence-electron chi connectivity index (χ3n) is 3.67. The zero-order valence-corrected chi connectivity index (χ0v) is 15.2. The standard InChI is InChI=1S/C20H21NO4S/c22-20(21-10-5-11-23-14-17-6-4-12-24-17)19-16(9-13-25-19)15-26-18-7-2-1-3-8-18/h1-4,6-9,12-13H,5,10-11,14-15H2,(H,21,22). The Morgan fingerprint density at radius 1 is 1.04 bits per heavy atom. The van der Waals surface area contributed by atoms with Crippen LogP contribution in [-0.4, -0.2) is 19.1 Å². The molecular weight excluding hydrogens is 350 g/mol. The summed E-state index contributed by atoms with van der Waals surface area (Å²) in [6, 6.07) is 15.6. The van der Waals surface area contributed by atoms with E-state index in [4.69, 9.17) is 13.6 Å². The average molecular weight is 371 g/mol. The molecule has 6 heteroatoms. The van der Waals surface area contributed by atoms with Crippen molar-refractivity contribution in [3.63, 3.8) is 0 Å². The van der Waals surface area contributed by atoms with Crippen LogP contribution in [0.4, 0.5) is 0 Å². The number of hydrogen-bond donors (Lipinski definition) is 1. The summed E-state index contributed by atoms with van der Waals surface area (Å²) in [6.45, 7) is 1.53. The molecule has 2 heterocycles. The lowest BCUT2D eigenvalue weighted by Crippen LogP contribution is -2.25. The monoisotopic (exact) mass is 371 g/mol. The maximum absolute atomic E-state index is 12.3. The van der Waals surface area contributed by atoms with Gasteiger partial charge in [-0.3, -0.25) is 4.79 Å². The normalized spacial score (nSPS) is 10.8. The number of carbonyl (C=O) groups is 1. The Morgan fingerprint density at radius 2 is 1.92 bits per heavy atom. The summed E-state index contributed by atoms with van der Waals surface area (Å²) >= 11 is 1.67. The van der Waals surface area contributed by atoms with E-state index in [2.05, 4.69) is 5.32 Å². The lowest BCUT2D eigenvalue weighted by atomic mass is 10.2. The second kappa shape index (κ2) is 9.89. The smallest absolute Gasteiger partial charge is 0.287 e. The van der Waals surface area contributed by atoms with Crippen molar-refractivity contribution in [2.75, 3.05) is 13.2 Å². The van der Waals surface area contributed by atoms with Gasteiger partial charge in [0.25, 0.3) is 5.91 Å². The minimum absolute atomic E-state index is 0.190. The molecule has 0 aliphatic rings. The van der Waals surface area contributed by atoms with E-state index >= 15 is 0 Å². The van der Waals surface area contributed by atoms with Crippen LogP contribution < -0.4 is 5.32 Å². The van der Waals surface area contributed by atoms with Gasteiger partial charge in [0, 0.05) is 29.4 Å². The van der Waals surface area contributed by atoms with Gasteiger partial charge < -0.3 is 18.9 Å². The zero-order chi connectivity index (χ0) is 18.0. The maximum atomic E-state index is 12.3. The van der Waals surface area contributed by atoms with Crippen molar-refractivity contribution in [2.24, 2.45) is 0 Å². The van der Waals surface area contributed by atoms with Gasteiger partial charge in [0.1, 0.15) is 12.4 Å². The van der Waals surface area contributed by atoms with Gasteiger partial charge in [-0.05, 0) is 36.8 Å². The van der Waals surface area contributed by atoms with E-state index in [-0.39, 0.29) is 5.91 Å². The van der Waals surface area contributed by atoms with Crippen LogP contribution in [0, 0.1) is 0 Å². The molecule has 1 amide bonds. The fourth-order valence-corrected chi connectivity index (χ4v) is 3.25. The summed E-state index contributed by atoms with van der Waals surface area (Å²) in [5.41, 5.74) is 0.894. The highest BCUT2D eigenvalue weighted by Gasteiger charge is 2.15. The number of rotatable bonds is 10. The molecule has 0 aliphatic heterocycles. The molecule has 0 saturated carbocycles. The van der Waals surface area contributed by atoms with E-state index < -0.39 is 0 Å². The maximum Gasteiger partial charge on any atom is 0.287 e. The molecule has 3 aromatic rings.